The van der Waals surface area contributed by atoms with Crippen molar-refractivity contribution in [1.82, 2.24) is 10.6 Å². The van der Waals surface area contributed by atoms with Crippen LogP contribution in [0.25, 0.3) is 0 Å². The van der Waals surface area contributed by atoms with Crippen LogP contribution >= 0.6 is 0 Å². The second kappa shape index (κ2) is 3.27. The zero-order valence-electron chi connectivity index (χ0n) is 7.92. The third-order valence-electron chi connectivity index (χ3n) is 3.38. The van der Waals surface area contributed by atoms with Crippen LogP contribution in [0.2, 0.25) is 0 Å². The lowest BCUT2D eigenvalue weighted by atomic mass is 9.74. The quantitative estimate of drug-likeness (QED) is 0.470. The van der Waals surface area contributed by atoms with Crippen molar-refractivity contribution in [1.29, 1.82) is 0 Å². The van der Waals surface area contributed by atoms with Crippen LogP contribution in [-0.2, 0) is 4.79 Å². The summed E-state index contributed by atoms with van der Waals surface area (Å²) in [5, 5.41) is 6.09. The number of nitrogens with two attached hydrogens (primary N) is 1. The average Bonchev–Trinajstić information content (AvgIpc) is 2.12. The third-order valence-corrected chi connectivity index (χ3v) is 3.38. The van der Waals surface area contributed by atoms with Crippen molar-refractivity contribution in [3.8, 4) is 0 Å². The van der Waals surface area contributed by atoms with Crippen LogP contribution in [0.5, 0.6) is 0 Å². The molecule has 4 unspecified atom stereocenters. The fourth-order valence-electron chi connectivity index (χ4n) is 2.40. The van der Waals surface area contributed by atoms with Gasteiger partial charge in [0, 0.05) is 12.1 Å². The van der Waals surface area contributed by atoms with Gasteiger partial charge in [0.15, 0.2) is 0 Å². The molecule has 74 valence electrons. The first-order valence-electron chi connectivity index (χ1n) is 4.97. The van der Waals surface area contributed by atoms with Gasteiger partial charge in [-0.1, -0.05) is 6.92 Å². The van der Waals surface area contributed by atoms with Gasteiger partial charge in [0.25, 0.3) is 0 Å². The minimum atomic E-state index is 0.0972. The molecule has 4 atom stereocenters. The Hall–Kier alpha value is -0.610. The van der Waals surface area contributed by atoms with Crippen LogP contribution in [0, 0.1) is 11.8 Å². The highest BCUT2D eigenvalue weighted by Gasteiger charge is 2.40. The lowest BCUT2D eigenvalue weighted by Gasteiger charge is -2.42. The molecule has 2 rings (SSSR count). The topological polar surface area (TPSA) is 67.2 Å². The molecule has 0 bridgehead atoms. The molecule has 13 heavy (non-hydrogen) atoms. The van der Waals surface area contributed by atoms with Crippen molar-refractivity contribution >= 4 is 5.91 Å². The van der Waals surface area contributed by atoms with Crippen molar-refractivity contribution < 1.29 is 4.79 Å². The number of nitrogens with one attached hydrogen (secondary N) is 2. The van der Waals surface area contributed by atoms with Crippen molar-refractivity contribution in [2.24, 2.45) is 17.6 Å². The van der Waals surface area contributed by atoms with E-state index in [1.807, 2.05) is 0 Å². The molecule has 0 aromatic carbocycles. The summed E-state index contributed by atoms with van der Waals surface area (Å²) >= 11 is 0. The number of amides is 1. The molecule has 2 aliphatic rings. The molecule has 1 saturated heterocycles. The maximum absolute atomic E-state index is 11.5. The normalized spacial score (nSPS) is 45.2. The predicted octanol–water partition coefficient (Wildman–Crippen LogP) is -0.595. The van der Waals surface area contributed by atoms with Gasteiger partial charge in [-0.15, -0.1) is 0 Å². The van der Waals surface area contributed by atoms with Gasteiger partial charge in [-0.2, -0.15) is 0 Å². The van der Waals surface area contributed by atoms with Crippen LogP contribution in [0.4, 0.5) is 0 Å². The molecular weight excluding hydrogens is 166 g/mol. The second-order valence-corrected chi connectivity index (χ2v) is 4.19. The van der Waals surface area contributed by atoms with E-state index in [-0.39, 0.29) is 23.9 Å². The number of carbonyl (C=O) groups excluding carboxylic acids is 1. The maximum atomic E-state index is 11.5. The highest BCUT2D eigenvalue weighted by Crippen LogP contribution is 2.29. The molecule has 0 aromatic heterocycles. The van der Waals surface area contributed by atoms with E-state index in [1.165, 1.54) is 0 Å². The molecular formula is C9H17N3O. The highest BCUT2D eigenvalue weighted by molar-refractivity contribution is 5.80. The number of fused-ring (bicyclic) bond motifs is 1. The Morgan fingerprint density at radius 2 is 2.23 bits per heavy atom. The van der Waals surface area contributed by atoms with Crippen LogP contribution in [0.1, 0.15) is 19.8 Å². The monoisotopic (exact) mass is 183 g/mol. The Morgan fingerprint density at radius 3 is 3.00 bits per heavy atom. The maximum Gasteiger partial charge on any atom is 0.225 e. The van der Waals surface area contributed by atoms with Crippen LogP contribution < -0.4 is 16.4 Å². The van der Waals surface area contributed by atoms with E-state index in [9.17, 15) is 4.79 Å². The van der Waals surface area contributed by atoms with Crippen LogP contribution in [-0.4, -0.2) is 24.7 Å². The summed E-state index contributed by atoms with van der Waals surface area (Å²) in [7, 11) is 0. The smallest absolute Gasteiger partial charge is 0.225 e. The summed E-state index contributed by atoms with van der Waals surface area (Å²) in [6.07, 6.45) is 2.04. The molecule has 1 heterocycles. The van der Waals surface area contributed by atoms with Gasteiger partial charge in [0.1, 0.15) is 0 Å². The van der Waals surface area contributed by atoms with Crippen molar-refractivity contribution in [3.63, 3.8) is 0 Å². The van der Waals surface area contributed by atoms with Gasteiger partial charge in [0.05, 0.1) is 12.6 Å². The summed E-state index contributed by atoms with van der Waals surface area (Å²) in [6, 6.07) is 0.322. The molecule has 2 fully saturated rings. The second-order valence-electron chi connectivity index (χ2n) is 4.19. The van der Waals surface area contributed by atoms with Crippen LogP contribution in [0.3, 0.4) is 0 Å². The van der Waals surface area contributed by atoms with Crippen molar-refractivity contribution in [3.05, 3.63) is 0 Å². The molecule has 4 nitrogen and oxygen atoms in total. The number of rotatable bonds is 0. The summed E-state index contributed by atoms with van der Waals surface area (Å²) < 4.78 is 0. The predicted molar refractivity (Wildman–Crippen MR) is 49.8 cm³/mol. The Labute approximate surface area is 78.2 Å². The molecule has 0 radical (unpaired) electrons. The van der Waals surface area contributed by atoms with E-state index < -0.39 is 0 Å². The summed E-state index contributed by atoms with van der Waals surface area (Å²) in [5.41, 5.74) is 6.05. The van der Waals surface area contributed by atoms with Gasteiger partial charge in [0.2, 0.25) is 5.91 Å². The number of hydrogen-bond acceptors (Lipinski definition) is 3. The first-order valence-corrected chi connectivity index (χ1v) is 4.97. The molecule has 4 N–H and O–H groups in total. The minimum absolute atomic E-state index is 0.0972. The standard InChI is InChI=1S/C9H17N3O/c1-5-2-3-6-8(7(5)10)11-4-12-9(6)13/h5-8,11H,2-4,10H2,1H3,(H,12,13). The third kappa shape index (κ3) is 1.44. The lowest BCUT2D eigenvalue weighted by Crippen LogP contribution is -2.64. The zero-order valence-corrected chi connectivity index (χ0v) is 7.92. The van der Waals surface area contributed by atoms with Gasteiger partial charge < -0.3 is 11.1 Å². The molecule has 1 saturated carbocycles. The van der Waals surface area contributed by atoms with Crippen molar-refractivity contribution in [2.45, 2.75) is 31.8 Å². The van der Waals surface area contributed by atoms with E-state index in [4.69, 9.17) is 5.73 Å². The molecule has 1 aliphatic carbocycles. The average molecular weight is 183 g/mol. The molecule has 0 aromatic rings. The van der Waals surface area contributed by atoms with E-state index in [1.54, 1.807) is 0 Å². The van der Waals surface area contributed by atoms with E-state index in [0.29, 0.717) is 12.6 Å². The fourth-order valence-corrected chi connectivity index (χ4v) is 2.40. The first kappa shape index (κ1) is 8.97. The molecule has 1 amide bonds. The van der Waals surface area contributed by atoms with Gasteiger partial charge in [-0.05, 0) is 18.8 Å². The SMILES string of the molecule is CC1CCC2C(=O)NCNC2C1N. The number of hydrogen-bond donors (Lipinski definition) is 3. The Morgan fingerprint density at radius 1 is 1.46 bits per heavy atom. The first-order chi connectivity index (χ1) is 6.20. The largest absolute Gasteiger partial charge is 0.343 e. The van der Waals surface area contributed by atoms with E-state index in [0.717, 1.165) is 12.8 Å². The number of carbonyl (C=O) groups is 1. The minimum Gasteiger partial charge on any atom is -0.343 e. The Bertz CT molecular complexity index is 219. The summed E-state index contributed by atoms with van der Waals surface area (Å²) in [6.45, 7) is 2.73. The van der Waals surface area contributed by atoms with E-state index in [2.05, 4.69) is 17.6 Å². The fraction of sp³-hybridized carbons (Fsp3) is 0.889. The molecule has 1 aliphatic heterocycles. The Balaban J connectivity index is 2.12. The summed E-state index contributed by atoms with van der Waals surface area (Å²) in [4.78, 5) is 11.5. The summed E-state index contributed by atoms with van der Waals surface area (Å²) in [5.74, 6) is 0.797. The van der Waals surface area contributed by atoms with Gasteiger partial charge in [-0.25, -0.2) is 0 Å². The highest BCUT2D eigenvalue weighted by atomic mass is 16.2. The van der Waals surface area contributed by atoms with E-state index >= 15 is 0 Å². The Kier molecular flexibility index (Phi) is 2.26. The molecule has 4 heteroatoms. The van der Waals surface area contributed by atoms with Crippen molar-refractivity contribution in [2.75, 3.05) is 6.67 Å². The van der Waals surface area contributed by atoms with Gasteiger partial charge in [-0.3, -0.25) is 10.1 Å². The lowest BCUT2D eigenvalue weighted by molar-refractivity contribution is -0.129. The van der Waals surface area contributed by atoms with Crippen LogP contribution in [0.15, 0.2) is 0 Å². The zero-order chi connectivity index (χ0) is 9.42. The van der Waals surface area contributed by atoms with Gasteiger partial charge >= 0.3 is 0 Å². The molecule has 0 spiro atoms.